The zero-order chi connectivity index (χ0) is 36.0. The first kappa shape index (κ1) is 45.7. The third-order valence-electron chi connectivity index (χ3n) is 9.53. The Balaban J connectivity index is 2.37. The Hall–Kier alpha value is -1.33. The average molecular weight is 698 g/mol. The monoisotopic (exact) mass is 698 g/mol. The van der Waals surface area contributed by atoms with Gasteiger partial charge in [-0.05, 0) is 32.1 Å². The van der Waals surface area contributed by atoms with Crippen molar-refractivity contribution in [2.75, 3.05) is 13.2 Å². The summed E-state index contributed by atoms with van der Waals surface area (Å²) in [7, 11) is 0. The lowest BCUT2D eigenvalue weighted by Gasteiger charge is -2.40. The number of allylic oxidation sites excluding steroid dienone is 3. The lowest BCUT2D eigenvalue weighted by atomic mass is 9.99. The summed E-state index contributed by atoms with van der Waals surface area (Å²) in [6.07, 6.45) is 28.0. The molecule has 9 nitrogen and oxygen atoms in total. The van der Waals surface area contributed by atoms with E-state index in [0.29, 0.717) is 6.42 Å². The Labute approximate surface area is 298 Å². The molecule has 49 heavy (non-hydrogen) atoms. The van der Waals surface area contributed by atoms with Crippen molar-refractivity contribution in [1.82, 2.24) is 5.32 Å². The zero-order valence-electron chi connectivity index (χ0n) is 31.2. The molecule has 0 bridgehead atoms. The molecule has 0 aromatic heterocycles. The standard InChI is InChI=1S/C40H75NO8/c1-3-5-7-9-11-13-14-15-16-17-18-19-20-22-24-26-28-30-36(44)41-33(34(43)29-27-25-23-21-12-10-8-6-4-2)32-48-40-39(47)38(46)37(45)35(31-42)49-40/h12,21,27,29,33-35,37-40,42-43,45-47H,3-11,13-20,22-26,28,30-32H2,1-2H3,(H,41,44)/b21-12+,29-27+. The second-order valence-corrected chi connectivity index (χ2v) is 14.1. The van der Waals surface area contributed by atoms with Gasteiger partial charge < -0.3 is 40.3 Å². The van der Waals surface area contributed by atoms with Gasteiger partial charge in [0.25, 0.3) is 0 Å². The van der Waals surface area contributed by atoms with Gasteiger partial charge in [0.1, 0.15) is 24.4 Å². The molecule has 288 valence electrons. The smallest absolute Gasteiger partial charge is 0.220 e. The predicted octanol–water partition coefficient (Wildman–Crippen LogP) is 7.16. The van der Waals surface area contributed by atoms with Gasteiger partial charge in [-0.3, -0.25) is 4.79 Å². The number of aliphatic hydroxyl groups excluding tert-OH is 5. The van der Waals surface area contributed by atoms with Gasteiger partial charge in [0, 0.05) is 6.42 Å². The van der Waals surface area contributed by atoms with E-state index in [1.165, 1.54) is 109 Å². The first-order valence-electron chi connectivity index (χ1n) is 20.1. The van der Waals surface area contributed by atoms with Crippen molar-refractivity contribution in [1.29, 1.82) is 0 Å². The van der Waals surface area contributed by atoms with Gasteiger partial charge in [0.05, 0.1) is 25.4 Å². The number of rotatable bonds is 32. The zero-order valence-corrected chi connectivity index (χ0v) is 31.2. The second kappa shape index (κ2) is 31.4. The first-order valence-corrected chi connectivity index (χ1v) is 20.1. The molecule has 1 heterocycles. The lowest BCUT2D eigenvalue weighted by molar-refractivity contribution is -0.302. The molecule has 1 fully saturated rings. The number of nitrogens with one attached hydrogen (secondary N) is 1. The normalized spacial score (nSPS) is 22.6. The predicted molar refractivity (Wildman–Crippen MR) is 198 cm³/mol. The highest BCUT2D eigenvalue weighted by atomic mass is 16.7. The maximum Gasteiger partial charge on any atom is 0.220 e. The Morgan fingerprint density at radius 2 is 1.16 bits per heavy atom. The van der Waals surface area contributed by atoms with Crippen LogP contribution in [0.5, 0.6) is 0 Å². The molecule has 0 aromatic carbocycles. The number of carbonyl (C=O) groups is 1. The molecule has 1 rings (SSSR count). The highest BCUT2D eigenvalue weighted by Crippen LogP contribution is 2.22. The highest BCUT2D eigenvalue weighted by Gasteiger charge is 2.44. The summed E-state index contributed by atoms with van der Waals surface area (Å²) in [4.78, 5) is 12.9. The summed E-state index contributed by atoms with van der Waals surface area (Å²) in [6, 6.07) is -0.813. The summed E-state index contributed by atoms with van der Waals surface area (Å²) in [5.41, 5.74) is 0. The van der Waals surface area contributed by atoms with Gasteiger partial charge >= 0.3 is 0 Å². The average Bonchev–Trinajstić information content (AvgIpc) is 3.10. The van der Waals surface area contributed by atoms with Crippen molar-refractivity contribution in [2.24, 2.45) is 0 Å². The fourth-order valence-electron chi connectivity index (χ4n) is 6.23. The number of aliphatic hydroxyl groups is 5. The number of hydrogen-bond acceptors (Lipinski definition) is 8. The fraction of sp³-hybridized carbons (Fsp3) is 0.875. The summed E-state index contributed by atoms with van der Waals surface area (Å²) in [5.74, 6) is -0.189. The number of hydrogen-bond donors (Lipinski definition) is 6. The van der Waals surface area contributed by atoms with E-state index in [9.17, 15) is 30.3 Å². The van der Waals surface area contributed by atoms with Crippen molar-refractivity contribution < 1.29 is 39.8 Å². The molecule has 0 aliphatic carbocycles. The van der Waals surface area contributed by atoms with Gasteiger partial charge in [-0.25, -0.2) is 0 Å². The third kappa shape index (κ3) is 23.0. The molecule has 1 amide bonds. The van der Waals surface area contributed by atoms with Crippen molar-refractivity contribution in [3.05, 3.63) is 24.3 Å². The van der Waals surface area contributed by atoms with Gasteiger partial charge in [-0.15, -0.1) is 0 Å². The Morgan fingerprint density at radius 3 is 1.71 bits per heavy atom. The van der Waals surface area contributed by atoms with Crippen LogP contribution in [0.4, 0.5) is 0 Å². The van der Waals surface area contributed by atoms with E-state index in [1.807, 2.05) is 6.08 Å². The molecule has 0 spiro atoms. The van der Waals surface area contributed by atoms with Crippen molar-refractivity contribution in [2.45, 2.75) is 211 Å². The van der Waals surface area contributed by atoms with Crippen LogP contribution >= 0.6 is 0 Å². The van der Waals surface area contributed by atoms with Crippen LogP contribution in [0.1, 0.15) is 168 Å². The minimum absolute atomic E-state index is 0.189. The summed E-state index contributed by atoms with van der Waals surface area (Å²) < 4.78 is 11.1. The minimum Gasteiger partial charge on any atom is -0.394 e. The number of ether oxygens (including phenoxy) is 2. The maximum absolute atomic E-state index is 12.9. The molecule has 9 heteroatoms. The molecule has 0 saturated carbocycles. The van der Waals surface area contributed by atoms with Gasteiger partial charge in [0.2, 0.25) is 5.91 Å². The summed E-state index contributed by atoms with van der Waals surface area (Å²) in [6.45, 7) is 3.69. The summed E-state index contributed by atoms with van der Waals surface area (Å²) >= 11 is 0. The van der Waals surface area contributed by atoms with E-state index in [0.717, 1.165) is 38.5 Å². The van der Waals surface area contributed by atoms with Crippen LogP contribution in [0.15, 0.2) is 24.3 Å². The van der Waals surface area contributed by atoms with Crippen molar-refractivity contribution >= 4 is 5.91 Å². The van der Waals surface area contributed by atoms with E-state index < -0.39 is 49.5 Å². The lowest BCUT2D eigenvalue weighted by Crippen LogP contribution is -2.60. The molecular formula is C40H75NO8. The van der Waals surface area contributed by atoms with E-state index in [4.69, 9.17) is 9.47 Å². The summed E-state index contributed by atoms with van der Waals surface area (Å²) in [5, 5.41) is 53.8. The van der Waals surface area contributed by atoms with E-state index in [1.54, 1.807) is 6.08 Å². The molecule has 6 N–H and O–H groups in total. The second-order valence-electron chi connectivity index (χ2n) is 14.1. The van der Waals surface area contributed by atoms with E-state index in [2.05, 4.69) is 31.3 Å². The Morgan fingerprint density at radius 1 is 0.673 bits per heavy atom. The highest BCUT2D eigenvalue weighted by molar-refractivity contribution is 5.76. The van der Waals surface area contributed by atoms with Crippen molar-refractivity contribution in [3.8, 4) is 0 Å². The molecule has 7 atom stereocenters. The third-order valence-corrected chi connectivity index (χ3v) is 9.53. The Kier molecular flexibility index (Phi) is 29.3. The van der Waals surface area contributed by atoms with Crippen LogP contribution in [0.25, 0.3) is 0 Å². The maximum atomic E-state index is 12.9. The number of amides is 1. The molecule has 0 radical (unpaired) electrons. The van der Waals surface area contributed by atoms with E-state index in [-0.39, 0.29) is 12.5 Å². The Bertz CT molecular complexity index is 822. The topological polar surface area (TPSA) is 149 Å². The molecule has 7 unspecified atom stereocenters. The van der Waals surface area contributed by atoms with Gasteiger partial charge in [-0.2, -0.15) is 0 Å². The van der Waals surface area contributed by atoms with Crippen LogP contribution in [-0.2, 0) is 14.3 Å². The minimum atomic E-state index is -1.57. The van der Waals surface area contributed by atoms with Crippen LogP contribution < -0.4 is 5.32 Å². The van der Waals surface area contributed by atoms with Crippen LogP contribution in [-0.4, -0.2) is 87.5 Å². The number of unbranched alkanes of at least 4 members (excludes halogenated alkanes) is 20. The number of carbonyl (C=O) groups excluding carboxylic acids is 1. The van der Waals surface area contributed by atoms with Crippen molar-refractivity contribution in [3.63, 3.8) is 0 Å². The van der Waals surface area contributed by atoms with E-state index >= 15 is 0 Å². The fourth-order valence-corrected chi connectivity index (χ4v) is 6.23. The van der Waals surface area contributed by atoms with Gasteiger partial charge in [0.15, 0.2) is 6.29 Å². The van der Waals surface area contributed by atoms with Crippen LogP contribution in [0.2, 0.25) is 0 Å². The molecule has 0 aromatic rings. The van der Waals surface area contributed by atoms with Crippen LogP contribution in [0.3, 0.4) is 0 Å². The van der Waals surface area contributed by atoms with Crippen LogP contribution in [0, 0.1) is 0 Å². The van der Waals surface area contributed by atoms with Gasteiger partial charge in [-0.1, -0.05) is 154 Å². The molecule has 1 aliphatic rings. The molecular weight excluding hydrogens is 622 g/mol. The quantitative estimate of drug-likeness (QED) is 0.0320. The first-order chi connectivity index (χ1) is 23.8. The SMILES string of the molecule is CCCCC/C=C/CC/C=C/C(O)C(COC1OC(CO)C(O)C(O)C1O)NC(=O)CCCCCCCCCCCCCCCCCCC. The molecule has 1 saturated heterocycles. The largest absolute Gasteiger partial charge is 0.394 e. The molecule has 1 aliphatic heterocycles.